The predicted molar refractivity (Wildman–Crippen MR) is 79.7 cm³/mol. The first-order valence-electron chi connectivity index (χ1n) is 6.31. The van der Waals surface area contributed by atoms with Gasteiger partial charge < -0.3 is 10.1 Å². The third-order valence-electron chi connectivity index (χ3n) is 3.13. The maximum atomic E-state index is 6.11. The average Bonchev–Trinajstić information content (AvgIpc) is 2.46. The van der Waals surface area contributed by atoms with E-state index in [-0.39, 0.29) is 0 Å². The number of rotatable bonds is 5. The summed E-state index contributed by atoms with van der Waals surface area (Å²) in [7, 11) is 1.62. The molecule has 0 aromatic heterocycles. The maximum Gasteiger partial charge on any atom is 0.137 e. The number of hydrogen-bond donors (Lipinski definition) is 1. The van der Waals surface area contributed by atoms with Gasteiger partial charge in [0.05, 0.1) is 12.1 Å². The molecule has 19 heavy (non-hydrogen) atoms. The zero-order valence-electron chi connectivity index (χ0n) is 11.2. The van der Waals surface area contributed by atoms with Crippen LogP contribution in [0.2, 0.25) is 5.02 Å². The minimum Gasteiger partial charge on any atom is -0.495 e. The minimum absolute atomic E-state index is 0.307. The van der Waals surface area contributed by atoms with Gasteiger partial charge in [-0.05, 0) is 30.2 Å². The van der Waals surface area contributed by atoms with Crippen molar-refractivity contribution in [3.8, 4) is 5.75 Å². The fourth-order valence-electron chi connectivity index (χ4n) is 1.95. The Morgan fingerprint density at radius 3 is 2.53 bits per heavy atom. The number of halogens is 1. The third kappa shape index (κ3) is 3.72. The van der Waals surface area contributed by atoms with Crippen molar-refractivity contribution in [3.05, 3.63) is 64.7 Å². The molecule has 2 rings (SSSR count). The summed E-state index contributed by atoms with van der Waals surface area (Å²) in [6.45, 7) is 2.93. The van der Waals surface area contributed by atoms with E-state index in [1.807, 2.05) is 24.3 Å². The van der Waals surface area contributed by atoms with E-state index in [9.17, 15) is 0 Å². The van der Waals surface area contributed by atoms with Crippen molar-refractivity contribution in [2.75, 3.05) is 7.11 Å². The second kappa shape index (κ2) is 6.60. The maximum absolute atomic E-state index is 6.11. The first-order chi connectivity index (χ1) is 9.20. The van der Waals surface area contributed by atoms with Gasteiger partial charge in [-0.15, -0.1) is 0 Å². The molecule has 0 fully saturated rings. The SMILES string of the molecule is COc1ccc(CNC(C)c2ccccc2)cc1Cl. The summed E-state index contributed by atoms with van der Waals surface area (Å²) in [6, 6.07) is 16.5. The van der Waals surface area contributed by atoms with Gasteiger partial charge >= 0.3 is 0 Å². The summed E-state index contributed by atoms with van der Waals surface area (Å²) >= 11 is 6.11. The van der Waals surface area contributed by atoms with Crippen molar-refractivity contribution < 1.29 is 4.74 Å². The highest BCUT2D eigenvalue weighted by Gasteiger charge is 2.05. The van der Waals surface area contributed by atoms with E-state index < -0.39 is 0 Å². The quantitative estimate of drug-likeness (QED) is 0.883. The van der Waals surface area contributed by atoms with Crippen LogP contribution in [0.3, 0.4) is 0 Å². The van der Waals surface area contributed by atoms with Crippen LogP contribution in [0.1, 0.15) is 24.1 Å². The van der Waals surface area contributed by atoms with E-state index in [0.717, 1.165) is 12.1 Å². The molecule has 1 N–H and O–H groups in total. The van der Waals surface area contributed by atoms with E-state index in [0.29, 0.717) is 16.8 Å². The number of ether oxygens (including phenoxy) is 1. The Morgan fingerprint density at radius 1 is 1.16 bits per heavy atom. The molecule has 2 nitrogen and oxygen atoms in total. The smallest absolute Gasteiger partial charge is 0.137 e. The lowest BCUT2D eigenvalue weighted by Crippen LogP contribution is -2.17. The van der Waals surface area contributed by atoms with Gasteiger partial charge in [0.1, 0.15) is 5.75 Å². The second-order valence-electron chi connectivity index (χ2n) is 4.48. The molecule has 3 heteroatoms. The highest BCUT2D eigenvalue weighted by Crippen LogP contribution is 2.25. The molecule has 1 atom stereocenters. The molecular formula is C16H18ClNO. The van der Waals surface area contributed by atoms with Crippen molar-refractivity contribution in [1.29, 1.82) is 0 Å². The summed E-state index contributed by atoms with van der Waals surface area (Å²) in [5, 5.41) is 4.13. The summed E-state index contributed by atoms with van der Waals surface area (Å²) < 4.78 is 5.14. The first kappa shape index (κ1) is 13.9. The van der Waals surface area contributed by atoms with Gasteiger partial charge in [-0.3, -0.25) is 0 Å². The number of nitrogens with one attached hydrogen (secondary N) is 1. The molecule has 2 aromatic rings. The molecule has 0 aliphatic carbocycles. The van der Waals surface area contributed by atoms with Crippen LogP contribution in [-0.2, 0) is 6.54 Å². The van der Waals surface area contributed by atoms with Gasteiger partial charge in [-0.1, -0.05) is 48.0 Å². The fraction of sp³-hybridized carbons (Fsp3) is 0.250. The molecule has 0 saturated heterocycles. The number of hydrogen-bond acceptors (Lipinski definition) is 2. The van der Waals surface area contributed by atoms with Crippen molar-refractivity contribution in [2.24, 2.45) is 0 Å². The molecule has 0 aliphatic heterocycles. The lowest BCUT2D eigenvalue weighted by molar-refractivity contribution is 0.414. The Balaban J connectivity index is 1.97. The number of benzene rings is 2. The van der Waals surface area contributed by atoms with Crippen LogP contribution in [0.15, 0.2) is 48.5 Å². The topological polar surface area (TPSA) is 21.3 Å². The summed E-state index contributed by atoms with van der Waals surface area (Å²) in [4.78, 5) is 0. The van der Waals surface area contributed by atoms with Gasteiger partial charge in [-0.25, -0.2) is 0 Å². The van der Waals surface area contributed by atoms with E-state index in [2.05, 4.69) is 36.5 Å². The predicted octanol–water partition coefficient (Wildman–Crippen LogP) is 4.20. The van der Waals surface area contributed by atoms with Crippen LogP contribution in [0, 0.1) is 0 Å². The number of methoxy groups -OCH3 is 1. The average molecular weight is 276 g/mol. The Kier molecular flexibility index (Phi) is 4.83. The summed E-state index contributed by atoms with van der Waals surface area (Å²) in [5.74, 6) is 0.710. The standard InChI is InChI=1S/C16H18ClNO/c1-12(14-6-4-3-5-7-14)18-11-13-8-9-16(19-2)15(17)10-13/h3-10,12,18H,11H2,1-2H3. The Bertz CT molecular complexity index is 528. The van der Waals surface area contributed by atoms with E-state index in [1.165, 1.54) is 5.56 Å². The Labute approximate surface area is 119 Å². The van der Waals surface area contributed by atoms with Crippen molar-refractivity contribution >= 4 is 11.6 Å². The third-order valence-corrected chi connectivity index (χ3v) is 3.42. The van der Waals surface area contributed by atoms with Gasteiger partial charge in [0, 0.05) is 12.6 Å². The largest absolute Gasteiger partial charge is 0.495 e. The first-order valence-corrected chi connectivity index (χ1v) is 6.69. The van der Waals surface area contributed by atoms with Gasteiger partial charge in [0.25, 0.3) is 0 Å². The minimum atomic E-state index is 0.307. The van der Waals surface area contributed by atoms with E-state index in [1.54, 1.807) is 7.11 Å². The molecule has 0 saturated carbocycles. The molecule has 1 unspecified atom stereocenters. The van der Waals surface area contributed by atoms with E-state index in [4.69, 9.17) is 16.3 Å². The monoisotopic (exact) mass is 275 g/mol. The lowest BCUT2D eigenvalue weighted by Gasteiger charge is -2.14. The molecule has 2 aromatic carbocycles. The normalized spacial score (nSPS) is 12.2. The van der Waals surface area contributed by atoms with Crippen LogP contribution >= 0.6 is 11.6 Å². The van der Waals surface area contributed by atoms with Gasteiger partial charge in [0.15, 0.2) is 0 Å². The summed E-state index contributed by atoms with van der Waals surface area (Å²) in [5.41, 5.74) is 2.43. The van der Waals surface area contributed by atoms with Gasteiger partial charge in [0.2, 0.25) is 0 Å². The Hall–Kier alpha value is -1.51. The molecule has 0 radical (unpaired) electrons. The van der Waals surface area contributed by atoms with Crippen LogP contribution in [0.25, 0.3) is 0 Å². The van der Waals surface area contributed by atoms with Crippen molar-refractivity contribution in [1.82, 2.24) is 5.32 Å². The summed E-state index contributed by atoms with van der Waals surface area (Å²) in [6.07, 6.45) is 0. The molecule has 100 valence electrons. The molecule has 0 amide bonds. The zero-order chi connectivity index (χ0) is 13.7. The van der Waals surface area contributed by atoms with Crippen LogP contribution in [0.4, 0.5) is 0 Å². The molecule has 0 heterocycles. The van der Waals surface area contributed by atoms with Crippen LogP contribution in [0.5, 0.6) is 5.75 Å². The molecular weight excluding hydrogens is 258 g/mol. The Morgan fingerprint density at radius 2 is 1.89 bits per heavy atom. The lowest BCUT2D eigenvalue weighted by atomic mass is 10.1. The molecule has 0 spiro atoms. The highest BCUT2D eigenvalue weighted by molar-refractivity contribution is 6.32. The zero-order valence-corrected chi connectivity index (χ0v) is 11.9. The van der Waals surface area contributed by atoms with Crippen molar-refractivity contribution in [3.63, 3.8) is 0 Å². The van der Waals surface area contributed by atoms with Crippen LogP contribution < -0.4 is 10.1 Å². The molecule has 0 bridgehead atoms. The van der Waals surface area contributed by atoms with Crippen LogP contribution in [-0.4, -0.2) is 7.11 Å². The van der Waals surface area contributed by atoms with E-state index >= 15 is 0 Å². The van der Waals surface area contributed by atoms with Crippen molar-refractivity contribution in [2.45, 2.75) is 19.5 Å². The molecule has 0 aliphatic rings. The second-order valence-corrected chi connectivity index (χ2v) is 4.89. The van der Waals surface area contributed by atoms with Gasteiger partial charge in [-0.2, -0.15) is 0 Å². The highest BCUT2D eigenvalue weighted by atomic mass is 35.5. The fourth-order valence-corrected chi connectivity index (χ4v) is 2.23.